The van der Waals surface area contributed by atoms with Crippen LogP contribution in [0.2, 0.25) is 0 Å². The number of fused-ring (bicyclic) bond motifs is 1. The number of likely N-dealkylation sites (N-methyl/N-ethyl adjacent to an activating group) is 1. The normalized spacial score (nSPS) is 17.2. The summed E-state index contributed by atoms with van der Waals surface area (Å²) in [7, 11) is 1.55. The van der Waals surface area contributed by atoms with Crippen LogP contribution < -0.4 is 10.3 Å². The summed E-state index contributed by atoms with van der Waals surface area (Å²) >= 11 is 0. The van der Waals surface area contributed by atoms with E-state index in [1.807, 2.05) is 30.3 Å². The molecule has 0 amide bonds. The van der Waals surface area contributed by atoms with Gasteiger partial charge in [-0.15, -0.1) is 0 Å². The average Bonchev–Trinajstić information content (AvgIpc) is 3.24. The molecule has 156 valence electrons. The Hall–Kier alpha value is -3.12. The molecule has 2 heterocycles. The van der Waals surface area contributed by atoms with Crippen LogP contribution in [0, 0.1) is 0 Å². The molecule has 4 rings (SSSR count). The van der Waals surface area contributed by atoms with E-state index >= 15 is 0 Å². The molecule has 1 atom stereocenters. The number of pyridine rings is 1. The van der Waals surface area contributed by atoms with Crippen LogP contribution >= 0.6 is 0 Å². The minimum absolute atomic E-state index is 0.134. The topological polar surface area (TPSA) is 67.1 Å². The molecule has 1 fully saturated rings. The second-order valence-corrected chi connectivity index (χ2v) is 7.51. The lowest BCUT2D eigenvalue weighted by molar-refractivity contribution is 0.273. The van der Waals surface area contributed by atoms with Crippen LogP contribution in [0.1, 0.15) is 25.3 Å². The summed E-state index contributed by atoms with van der Waals surface area (Å²) in [4.78, 5) is 20.3. The molecule has 1 saturated heterocycles. The van der Waals surface area contributed by atoms with E-state index in [4.69, 9.17) is 4.74 Å². The summed E-state index contributed by atoms with van der Waals surface area (Å²) in [5.74, 6) is 0.378. The highest BCUT2D eigenvalue weighted by atomic mass is 16.5. The van der Waals surface area contributed by atoms with Gasteiger partial charge in [0.05, 0.1) is 24.9 Å². The Balaban J connectivity index is 1.83. The van der Waals surface area contributed by atoms with E-state index in [1.54, 1.807) is 31.5 Å². The molecule has 0 radical (unpaired) electrons. The Kier molecular flexibility index (Phi) is 5.86. The minimum atomic E-state index is -0.294. The maximum atomic E-state index is 13.2. The number of benzene rings is 2. The summed E-state index contributed by atoms with van der Waals surface area (Å²) in [6, 6.07) is 14.9. The van der Waals surface area contributed by atoms with Gasteiger partial charge in [0, 0.05) is 23.0 Å². The lowest BCUT2D eigenvalue weighted by Gasteiger charge is -2.20. The van der Waals surface area contributed by atoms with Gasteiger partial charge in [-0.2, -0.15) is 0 Å². The molecule has 2 aromatic carbocycles. The zero-order valence-electron chi connectivity index (χ0n) is 17.4. The van der Waals surface area contributed by atoms with Gasteiger partial charge in [0.1, 0.15) is 5.75 Å². The SMILES string of the molecule is CCN1CCC[C@H]1CN=Cc1c(O)n(-c2ccccc2OC)c(=O)c2ccccc12. The Morgan fingerprint density at radius 2 is 1.90 bits per heavy atom. The van der Waals surface area contributed by atoms with Crippen molar-refractivity contribution in [1.82, 2.24) is 9.47 Å². The number of para-hydroxylation sites is 2. The van der Waals surface area contributed by atoms with Gasteiger partial charge in [0.2, 0.25) is 5.88 Å². The summed E-state index contributed by atoms with van der Waals surface area (Å²) in [5, 5.41) is 12.4. The highest BCUT2D eigenvalue weighted by molar-refractivity contribution is 6.01. The van der Waals surface area contributed by atoms with Crippen molar-refractivity contribution in [2.45, 2.75) is 25.8 Å². The monoisotopic (exact) mass is 405 g/mol. The zero-order chi connectivity index (χ0) is 21.1. The highest BCUT2D eigenvalue weighted by Crippen LogP contribution is 2.30. The van der Waals surface area contributed by atoms with E-state index in [2.05, 4.69) is 16.8 Å². The van der Waals surface area contributed by atoms with E-state index in [1.165, 1.54) is 11.0 Å². The molecule has 1 aromatic heterocycles. The number of ether oxygens (including phenoxy) is 1. The van der Waals surface area contributed by atoms with E-state index < -0.39 is 0 Å². The maximum Gasteiger partial charge on any atom is 0.265 e. The van der Waals surface area contributed by atoms with Crippen LogP contribution in [0.15, 0.2) is 58.3 Å². The van der Waals surface area contributed by atoms with Crippen molar-refractivity contribution in [2.24, 2.45) is 4.99 Å². The van der Waals surface area contributed by atoms with Gasteiger partial charge < -0.3 is 9.84 Å². The van der Waals surface area contributed by atoms with E-state index in [0.29, 0.717) is 40.4 Å². The lowest BCUT2D eigenvalue weighted by atomic mass is 10.1. The van der Waals surface area contributed by atoms with Crippen LogP contribution in [0.3, 0.4) is 0 Å². The molecule has 1 N–H and O–H groups in total. The molecule has 0 bridgehead atoms. The first kappa shape index (κ1) is 20.2. The maximum absolute atomic E-state index is 13.2. The van der Waals surface area contributed by atoms with Crippen LogP contribution in [-0.2, 0) is 0 Å². The Morgan fingerprint density at radius 3 is 2.67 bits per heavy atom. The third kappa shape index (κ3) is 3.59. The summed E-state index contributed by atoms with van der Waals surface area (Å²) < 4.78 is 6.73. The first-order valence-electron chi connectivity index (χ1n) is 10.4. The van der Waals surface area contributed by atoms with Crippen LogP contribution in [0.25, 0.3) is 16.5 Å². The minimum Gasteiger partial charge on any atom is -0.495 e. The number of methoxy groups -OCH3 is 1. The average molecular weight is 405 g/mol. The van der Waals surface area contributed by atoms with Crippen molar-refractivity contribution in [1.29, 1.82) is 0 Å². The Bertz CT molecular complexity index is 1140. The smallest absolute Gasteiger partial charge is 0.265 e. The molecule has 6 nitrogen and oxygen atoms in total. The molecular weight excluding hydrogens is 378 g/mol. The predicted molar refractivity (Wildman–Crippen MR) is 120 cm³/mol. The molecule has 3 aromatic rings. The molecule has 0 saturated carbocycles. The van der Waals surface area contributed by atoms with Gasteiger partial charge in [0.25, 0.3) is 5.56 Å². The van der Waals surface area contributed by atoms with Crippen LogP contribution in [0.5, 0.6) is 11.6 Å². The molecule has 1 aliphatic heterocycles. The van der Waals surface area contributed by atoms with E-state index in [-0.39, 0.29) is 11.4 Å². The van der Waals surface area contributed by atoms with Crippen molar-refractivity contribution in [3.63, 3.8) is 0 Å². The van der Waals surface area contributed by atoms with Gasteiger partial charge in [-0.3, -0.25) is 14.7 Å². The zero-order valence-corrected chi connectivity index (χ0v) is 17.4. The summed E-state index contributed by atoms with van der Waals surface area (Å²) in [5.41, 5.74) is 0.741. The van der Waals surface area contributed by atoms with Gasteiger partial charge >= 0.3 is 0 Å². The van der Waals surface area contributed by atoms with Crippen molar-refractivity contribution in [3.05, 3.63) is 64.4 Å². The Morgan fingerprint density at radius 1 is 1.17 bits per heavy atom. The fourth-order valence-corrected chi connectivity index (χ4v) is 4.31. The van der Waals surface area contributed by atoms with E-state index in [0.717, 1.165) is 19.5 Å². The highest BCUT2D eigenvalue weighted by Gasteiger charge is 2.22. The number of hydrogen-bond donors (Lipinski definition) is 1. The second kappa shape index (κ2) is 8.71. The van der Waals surface area contributed by atoms with Gasteiger partial charge in [-0.05, 0) is 44.1 Å². The van der Waals surface area contributed by atoms with Crippen molar-refractivity contribution >= 4 is 17.0 Å². The number of nitrogens with zero attached hydrogens (tertiary/aromatic N) is 3. The molecule has 0 aliphatic carbocycles. The number of hydrogen-bond acceptors (Lipinski definition) is 5. The number of aromatic nitrogens is 1. The van der Waals surface area contributed by atoms with Crippen LogP contribution in [0.4, 0.5) is 0 Å². The van der Waals surface area contributed by atoms with Crippen LogP contribution in [-0.4, -0.2) is 53.6 Å². The fourth-order valence-electron chi connectivity index (χ4n) is 4.31. The molecule has 30 heavy (non-hydrogen) atoms. The molecular formula is C24H27N3O3. The predicted octanol–water partition coefficient (Wildman–Crippen LogP) is 3.61. The van der Waals surface area contributed by atoms with Crippen molar-refractivity contribution < 1.29 is 9.84 Å². The van der Waals surface area contributed by atoms with Crippen molar-refractivity contribution in [2.75, 3.05) is 26.7 Å². The first-order valence-corrected chi connectivity index (χ1v) is 10.4. The van der Waals surface area contributed by atoms with Crippen molar-refractivity contribution in [3.8, 4) is 17.3 Å². The van der Waals surface area contributed by atoms with Gasteiger partial charge in [-0.25, -0.2) is 4.57 Å². The lowest BCUT2D eigenvalue weighted by Crippen LogP contribution is -2.31. The summed E-state index contributed by atoms with van der Waals surface area (Å²) in [6.07, 6.45) is 4.04. The van der Waals surface area contributed by atoms with Gasteiger partial charge in [-0.1, -0.05) is 37.3 Å². The quantitative estimate of drug-likeness (QED) is 0.636. The number of likely N-dealkylation sites (tertiary alicyclic amines) is 1. The molecule has 0 unspecified atom stereocenters. The summed E-state index contributed by atoms with van der Waals surface area (Å²) in [6.45, 7) is 4.98. The third-order valence-electron chi connectivity index (χ3n) is 5.87. The fraction of sp³-hybridized carbons (Fsp3) is 0.333. The van der Waals surface area contributed by atoms with E-state index in [9.17, 15) is 9.90 Å². The van der Waals surface area contributed by atoms with Gasteiger partial charge in [0.15, 0.2) is 0 Å². The first-order chi connectivity index (χ1) is 14.7. The molecule has 0 spiro atoms. The third-order valence-corrected chi connectivity index (χ3v) is 5.87. The number of aromatic hydroxyl groups is 1. The second-order valence-electron chi connectivity index (χ2n) is 7.51. The largest absolute Gasteiger partial charge is 0.495 e. The number of aliphatic imine (C=N–C) groups is 1. The molecule has 1 aliphatic rings. The standard InChI is InChI=1S/C24H27N3O3/c1-3-26-14-8-9-17(26)15-25-16-20-18-10-4-5-11-19(18)23(28)27(24(20)29)21-12-6-7-13-22(21)30-2/h4-7,10-13,16-17,29H,3,8-9,14-15H2,1-2H3/t17-/m0/s1. The Labute approximate surface area is 176 Å². The molecule has 6 heteroatoms. The number of rotatable bonds is 6.